The molecule has 3 heterocycles. The summed E-state index contributed by atoms with van der Waals surface area (Å²) in [7, 11) is 9.97. The summed E-state index contributed by atoms with van der Waals surface area (Å²) >= 11 is 6.40. The van der Waals surface area contributed by atoms with Gasteiger partial charge >= 0.3 is 6.18 Å². The number of hydrogen-bond acceptors (Lipinski definition) is 12. The molecule has 4 saturated carbocycles. The summed E-state index contributed by atoms with van der Waals surface area (Å²) in [5.41, 5.74) is -1.54. The summed E-state index contributed by atoms with van der Waals surface area (Å²) in [5.74, 6) is -10.4. The second-order valence-corrected chi connectivity index (χ2v) is 30.0. The predicted molar refractivity (Wildman–Crippen MR) is 356 cm³/mol. The Kier molecular flexibility index (Phi) is 27.9. The first-order chi connectivity index (χ1) is 45.8. The summed E-state index contributed by atoms with van der Waals surface area (Å²) in [6, 6.07) is -8.52. The molecule has 3 saturated heterocycles. The summed E-state index contributed by atoms with van der Waals surface area (Å²) in [5, 5.41) is 7.51. The quantitative estimate of drug-likeness (QED) is 0.256. The van der Waals surface area contributed by atoms with Crippen molar-refractivity contribution >= 4 is 82.5 Å². The maximum atomic E-state index is 15.6. The molecule has 1 spiro atoms. The number of hydrogen-bond donors (Lipinski definition) is 3. The van der Waals surface area contributed by atoms with Crippen LogP contribution in [-0.4, -0.2) is 263 Å². The van der Waals surface area contributed by atoms with E-state index in [1.54, 1.807) is 11.8 Å². The second kappa shape index (κ2) is 34.7. The Balaban J connectivity index is 1.25. The van der Waals surface area contributed by atoms with Crippen LogP contribution in [0.25, 0.3) is 0 Å². The van der Waals surface area contributed by atoms with E-state index in [-0.39, 0.29) is 82.1 Å². The normalized spacial score (nSPS) is 30.5. The molecule has 97 heavy (non-hydrogen) atoms. The maximum Gasteiger partial charge on any atom is 0.393 e. The zero-order chi connectivity index (χ0) is 71.4. The largest absolute Gasteiger partial charge is 0.393 e. The molecule has 0 bridgehead atoms. The highest BCUT2D eigenvalue weighted by molar-refractivity contribution is 6.21. The molecule has 7 aliphatic rings. The number of likely N-dealkylation sites (N-methyl/N-ethyl adjacent to an activating group) is 7. The van der Waals surface area contributed by atoms with Crippen molar-refractivity contribution in [1.82, 2.24) is 60.0 Å². The number of carbonyl (C=O) groups excluding carboxylic acids is 12. The van der Waals surface area contributed by atoms with Crippen molar-refractivity contribution in [2.45, 2.75) is 247 Å². The lowest BCUT2D eigenvalue weighted by atomic mass is 9.78. The van der Waals surface area contributed by atoms with Crippen LogP contribution >= 0.6 is 11.6 Å². The highest BCUT2D eigenvalue weighted by Gasteiger charge is 2.52. The fraction of sp³-hybridized carbons (Fsp3) is 0.826. The van der Waals surface area contributed by atoms with Crippen LogP contribution < -0.4 is 16.0 Å². The molecule has 7 rings (SSSR count). The molecular formula is C69H110ClF3N12O12. The van der Waals surface area contributed by atoms with Gasteiger partial charge in [-0.15, -0.1) is 11.6 Å². The highest BCUT2D eigenvalue weighted by atomic mass is 35.5. The van der Waals surface area contributed by atoms with Crippen LogP contribution in [0.2, 0.25) is 0 Å². The number of nitrogens with one attached hydrogen (secondary N) is 3. The van der Waals surface area contributed by atoms with Gasteiger partial charge in [0.1, 0.15) is 47.8 Å². The Morgan fingerprint density at radius 1 is 0.598 bits per heavy atom. The van der Waals surface area contributed by atoms with Crippen LogP contribution in [0, 0.1) is 29.6 Å². The van der Waals surface area contributed by atoms with Gasteiger partial charge in [-0.3, -0.25) is 57.5 Å². The Bertz CT molecular complexity index is 2830. The zero-order valence-electron chi connectivity index (χ0n) is 59.1. The van der Waals surface area contributed by atoms with Gasteiger partial charge in [0.25, 0.3) is 0 Å². The van der Waals surface area contributed by atoms with Crippen LogP contribution in [0.4, 0.5) is 13.2 Å². The molecule has 28 heteroatoms. The monoisotopic (exact) mass is 1390 g/mol. The molecule has 0 aromatic rings. The number of likely N-dealkylation sites (tertiary alicyclic amines) is 1. The molecule has 4 aliphatic carbocycles. The van der Waals surface area contributed by atoms with Crippen LogP contribution in [0.15, 0.2) is 0 Å². The van der Waals surface area contributed by atoms with E-state index in [0.29, 0.717) is 64.5 Å². The second-order valence-electron chi connectivity index (χ2n) is 29.4. The summed E-state index contributed by atoms with van der Waals surface area (Å²) in [6.07, 6.45) is 6.98. The number of amides is 12. The average Bonchev–Trinajstić information content (AvgIpc) is 1.76. The molecule has 0 aromatic carbocycles. The van der Waals surface area contributed by atoms with Crippen LogP contribution in [0.5, 0.6) is 0 Å². The number of fused-ring (bicyclic) bond motifs is 1. The van der Waals surface area contributed by atoms with Crippen LogP contribution in [0.1, 0.15) is 188 Å². The molecule has 0 radical (unpaired) electrons. The first-order valence-electron chi connectivity index (χ1n) is 35.8. The van der Waals surface area contributed by atoms with Crippen molar-refractivity contribution < 1.29 is 70.7 Å². The fourth-order valence-corrected chi connectivity index (χ4v) is 16.5. The minimum atomic E-state index is -4.50. The molecule has 12 amide bonds. The summed E-state index contributed by atoms with van der Waals surface area (Å²) in [4.78, 5) is 189. The molecule has 11 atom stereocenters. The van der Waals surface area contributed by atoms with E-state index in [2.05, 4.69) is 16.0 Å². The molecule has 3 aliphatic heterocycles. The van der Waals surface area contributed by atoms with Crippen molar-refractivity contribution in [2.24, 2.45) is 29.6 Å². The van der Waals surface area contributed by atoms with Gasteiger partial charge in [-0.2, -0.15) is 13.2 Å². The van der Waals surface area contributed by atoms with Crippen LogP contribution in [-0.2, 0) is 57.5 Å². The SMILES string of the molecule is CC[C@H](C)[C@@H]1NC(=O)[C@H](C)N(C)C(=O)C[C@@H](C(=O)N2CCCC2)N(C)C(=O)[C@H](C2CCCCC2)N(C)C(=O)C2(CCCC2)NC(=O)[C@@H]2CCCN2C(=O)[C@H](CCC2CCC(C(F)(F)F)C(Cl)C2)NC(=O)CN(C)C(=O)[C@H](CC2CCCCC2)N(C)C(=O)CN(C)C(=O)CN(C)C1=O. The van der Waals surface area contributed by atoms with E-state index in [0.717, 1.165) is 71.0 Å². The van der Waals surface area contributed by atoms with E-state index < -0.39 is 168 Å². The van der Waals surface area contributed by atoms with Gasteiger partial charge in [0.05, 0.1) is 32.0 Å². The molecule has 24 nitrogen and oxygen atoms in total. The minimum Gasteiger partial charge on any atom is -0.343 e. The predicted octanol–water partition coefficient (Wildman–Crippen LogP) is 5.07. The maximum absolute atomic E-state index is 15.6. The first-order valence-corrected chi connectivity index (χ1v) is 36.2. The number of nitrogens with zero attached hydrogens (tertiary/aromatic N) is 9. The van der Waals surface area contributed by atoms with E-state index in [1.807, 2.05) is 6.92 Å². The number of halogens is 4. The third kappa shape index (κ3) is 19.4. The summed E-state index contributed by atoms with van der Waals surface area (Å²) < 4.78 is 42.0. The molecule has 3 N–H and O–H groups in total. The van der Waals surface area contributed by atoms with Gasteiger partial charge < -0.3 is 60.0 Å². The lowest BCUT2D eigenvalue weighted by molar-refractivity contribution is -0.182. The average molecular weight is 1390 g/mol. The van der Waals surface area contributed by atoms with Crippen molar-refractivity contribution in [3.8, 4) is 0 Å². The standard InChI is InChI=1S/C69H110ClF3N12O12/c1-11-43(2)58-65(95)79(6)41-56(88)77(4)42-57(89)81(8)52(38-45-23-14-12-15-24-45)63(93)78(5)40-54(86)74-50(31-29-46-28-30-48(49(70)37-46)69(71,72)73)62(92)85-36-22-27-51(85)61(91)76-68(32-18-19-33-68)67(97)83(10)59(47-25-16-13-17-26-47)66(96)82(9)53(64(94)84-34-20-21-35-84)39-55(87)80(7)44(3)60(90)75-58/h43-53,58-59H,11-42H2,1-10H3,(H,74,86)(H,75,90)(H,76,91)/t43-,44-,46?,48?,49?,50-,51-,52-,53-,58-,59-/m0/s1. The van der Waals surface area contributed by atoms with Crippen molar-refractivity contribution in [3.05, 3.63) is 0 Å². The van der Waals surface area contributed by atoms with Gasteiger partial charge in [0.2, 0.25) is 70.9 Å². The molecule has 546 valence electrons. The topological polar surface area (TPSA) is 270 Å². The van der Waals surface area contributed by atoms with Gasteiger partial charge in [-0.1, -0.05) is 84.5 Å². The van der Waals surface area contributed by atoms with Gasteiger partial charge in [0.15, 0.2) is 0 Å². The number of carbonyl (C=O) groups is 12. The fourth-order valence-electron chi connectivity index (χ4n) is 16.0. The highest BCUT2D eigenvalue weighted by Crippen LogP contribution is 2.44. The summed E-state index contributed by atoms with van der Waals surface area (Å²) in [6.45, 7) is 4.27. The Labute approximate surface area is 576 Å². The van der Waals surface area contributed by atoms with Crippen LogP contribution in [0.3, 0.4) is 0 Å². The lowest BCUT2D eigenvalue weighted by Crippen LogP contribution is -2.65. The Morgan fingerprint density at radius 3 is 1.81 bits per heavy atom. The van der Waals surface area contributed by atoms with Gasteiger partial charge in [0, 0.05) is 74.3 Å². The third-order valence-electron chi connectivity index (χ3n) is 22.7. The van der Waals surface area contributed by atoms with Crippen molar-refractivity contribution in [2.75, 3.05) is 88.6 Å². The Morgan fingerprint density at radius 2 is 1.21 bits per heavy atom. The minimum absolute atomic E-state index is 0.00350. The smallest absolute Gasteiger partial charge is 0.343 e. The van der Waals surface area contributed by atoms with Gasteiger partial charge in [-0.25, -0.2) is 0 Å². The van der Waals surface area contributed by atoms with Gasteiger partial charge in [-0.05, 0) is 120 Å². The number of alkyl halides is 4. The molecule has 3 unspecified atom stereocenters. The number of rotatable bonds is 9. The van der Waals surface area contributed by atoms with E-state index in [1.165, 1.54) is 75.9 Å². The van der Waals surface area contributed by atoms with Crippen molar-refractivity contribution in [1.29, 1.82) is 0 Å². The molecule has 0 aromatic heterocycles. The van der Waals surface area contributed by atoms with Crippen molar-refractivity contribution in [3.63, 3.8) is 0 Å². The lowest BCUT2D eigenvalue weighted by Gasteiger charge is -2.43. The third-order valence-corrected chi connectivity index (χ3v) is 23.2. The first kappa shape index (κ1) is 78.1. The molecular weight excluding hydrogens is 1280 g/mol. The van der Waals surface area contributed by atoms with E-state index in [4.69, 9.17) is 11.6 Å². The molecule has 7 fully saturated rings. The Hall–Kier alpha value is -6.28. The zero-order valence-corrected chi connectivity index (χ0v) is 59.8. The van der Waals surface area contributed by atoms with E-state index in [9.17, 15) is 51.5 Å². The van der Waals surface area contributed by atoms with E-state index >= 15 is 19.2 Å².